The van der Waals surface area contributed by atoms with Crippen LogP contribution in [0.25, 0.3) is 11.0 Å². The van der Waals surface area contributed by atoms with Crippen molar-refractivity contribution in [1.29, 1.82) is 0 Å². The van der Waals surface area contributed by atoms with Crippen molar-refractivity contribution in [2.24, 2.45) is 0 Å². The number of pyridine rings is 1. The number of hydrogen-bond acceptors (Lipinski definition) is 8. The Morgan fingerprint density at radius 3 is 3.19 bits per heavy atom. The van der Waals surface area contributed by atoms with Gasteiger partial charge in [-0.15, -0.1) is 0 Å². The van der Waals surface area contributed by atoms with E-state index < -0.39 is 0 Å². The molecule has 2 aliphatic rings. The highest BCUT2D eigenvalue weighted by Gasteiger charge is 2.32. The number of ether oxygens (including phenoxy) is 1. The summed E-state index contributed by atoms with van der Waals surface area (Å²) in [6.07, 6.45) is 4.09. The quantitative estimate of drug-likeness (QED) is 0.727. The summed E-state index contributed by atoms with van der Waals surface area (Å²) >= 11 is 1.84. The summed E-state index contributed by atoms with van der Waals surface area (Å²) in [5.74, 6) is 2.60. The van der Waals surface area contributed by atoms with E-state index in [1.807, 2.05) is 23.9 Å². The molecule has 138 valence electrons. The molecule has 0 spiro atoms. The van der Waals surface area contributed by atoms with Crippen molar-refractivity contribution in [3.05, 3.63) is 52.3 Å². The number of fused-ring (bicyclic) bond motifs is 2. The molecule has 2 atom stereocenters. The van der Waals surface area contributed by atoms with E-state index in [0.717, 1.165) is 34.6 Å². The Balaban J connectivity index is 1.48. The monoisotopic (exact) mass is 382 g/mol. The lowest BCUT2D eigenvalue weighted by molar-refractivity contribution is 0.182. The molecular formula is C18H18N6O2S. The highest BCUT2D eigenvalue weighted by molar-refractivity contribution is 7.98. The first kappa shape index (κ1) is 16.6. The fourth-order valence-corrected chi connectivity index (χ4v) is 4.53. The number of rotatable bonds is 3. The number of anilines is 1. The first-order chi connectivity index (χ1) is 13.3. The molecule has 1 fully saturated rings. The lowest BCUT2D eigenvalue weighted by atomic mass is 10.1. The molecule has 2 aliphatic heterocycles. The van der Waals surface area contributed by atoms with Gasteiger partial charge in [-0.05, 0) is 23.4 Å². The number of hydrogen-bond donors (Lipinski definition) is 1. The average Bonchev–Trinajstić information content (AvgIpc) is 3.15. The summed E-state index contributed by atoms with van der Waals surface area (Å²) in [5.41, 5.74) is 2.64. The number of nitrogens with zero attached hydrogens (tertiary/aromatic N) is 5. The molecule has 0 radical (unpaired) electrons. The molecule has 0 aromatic carbocycles. The summed E-state index contributed by atoms with van der Waals surface area (Å²) in [7, 11) is 0. The van der Waals surface area contributed by atoms with Crippen molar-refractivity contribution in [2.45, 2.75) is 24.3 Å². The molecule has 1 saturated heterocycles. The largest absolute Gasteiger partial charge is 0.377 e. The lowest BCUT2D eigenvalue weighted by Crippen LogP contribution is -2.38. The Morgan fingerprint density at radius 2 is 2.22 bits per heavy atom. The van der Waals surface area contributed by atoms with Gasteiger partial charge in [-0.25, -0.2) is 19.6 Å². The van der Waals surface area contributed by atoms with E-state index in [0.29, 0.717) is 24.7 Å². The smallest absolute Gasteiger partial charge is 0.267 e. The second kappa shape index (κ2) is 6.90. The van der Waals surface area contributed by atoms with Gasteiger partial charge in [0.1, 0.15) is 18.2 Å². The van der Waals surface area contributed by atoms with Crippen molar-refractivity contribution in [2.75, 3.05) is 24.3 Å². The lowest BCUT2D eigenvalue weighted by Gasteiger charge is -2.23. The van der Waals surface area contributed by atoms with E-state index in [1.165, 1.54) is 6.33 Å². The molecule has 2 unspecified atom stereocenters. The molecule has 9 heteroatoms. The third-order valence-corrected chi connectivity index (χ3v) is 5.97. The number of aryl methyl sites for hydroxylation is 1. The number of nitrogens with one attached hydrogen (secondary N) is 1. The maximum Gasteiger partial charge on any atom is 0.267 e. The molecule has 5 rings (SSSR count). The van der Waals surface area contributed by atoms with E-state index in [1.54, 1.807) is 16.9 Å². The van der Waals surface area contributed by atoms with Gasteiger partial charge in [0.15, 0.2) is 5.65 Å². The minimum atomic E-state index is -0.181. The van der Waals surface area contributed by atoms with Crippen LogP contribution in [0.1, 0.15) is 17.3 Å². The van der Waals surface area contributed by atoms with Crippen LogP contribution in [0.2, 0.25) is 0 Å². The third kappa shape index (κ3) is 3.06. The van der Waals surface area contributed by atoms with Crippen LogP contribution >= 0.6 is 11.8 Å². The maximum atomic E-state index is 12.7. The van der Waals surface area contributed by atoms with Gasteiger partial charge >= 0.3 is 0 Å². The maximum absolute atomic E-state index is 12.7. The zero-order valence-electron chi connectivity index (χ0n) is 14.5. The zero-order valence-corrected chi connectivity index (χ0v) is 15.4. The fourth-order valence-electron chi connectivity index (χ4n) is 3.57. The average molecular weight is 382 g/mol. The normalized spacial score (nSPS) is 21.9. The molecule has 0 bridgehead atoms. The Bertz CT molecular complexity index is 1050. The van der Waals surface area contributed by atoms with Crippen LogP contribution in [0.4, 0.5) is 5.82 Å². The first-order valence-corrected chi connectivity index (χ1v) is 10.0. The fraction of sp³-hybridized carbons (Fsp3) is 0.389. The van der Waals surface area contributed by atoms with Crippen molar-refractivity contribution < 1.29 is 4.74 Å². The highest BCUT2D eigenvalue weighted by atomic mass is 32.2. The van der Waals surface area contributed by atoms with E-state index in [4.69, 9.17) is 4.74 Å². The minimum Gasteiger partial charge on any atom is -0.377 e. The van der Waals surface area contributed by atoms with Crippen molar-refractivity contribution in [3.63, 3.8) is 0 Å². The van der Waals surface area contributed by atoms with Gasteiger partial charge in [-0.3, -0.25) is 4.79 Å². The first-order valence-electron chi connectivity index (χ1n) is 8.89. The van der Waals surface area contributed by atoms with Gasteiger partial charge in [-0.2, -0.15) is 16.9 Å². The van der Waals surface area contributed by atoms with Gasteiger partial charge in [0.25, 0.3) is 5.56 Å². The summed E-state index contributed by atoms with van der Waals surface area (Å²) in [4.78, 5) is 25.5. The van der Waals surface area contributed by atoms with Crippen LogP contribution in [0, 0.1) is 0 Å². The van der Waals surface area contributed by atoms with Gasteiger partial charge in [-0.1, -0.05) is 0 Å². The molecule has 27 heavy (non-hydrogen) atoms. The topological polar surface area (TPSA) is 94.8 Å². The predicted molar refractivity (Wildman–Crippen MR) is 103 cm³/mol. The van der Waals surface area contributed by atoms with Gasteiger partial charge in [0.05, 0.1) is 30.3 Å². The van der Waals surface area contributed by atoms with E-state index >= 15 is 0 Å². The van der Waals surface area contributed by atoms with Crippen molar-refractivity contribution >= 4 is 28.6 Å². The van der Waals surface area contributed by atoms with Gasteiger partial charge < -0.3 is 10.1 Å². The molecule has 8 nitrogen and oxygen atoms in total. The molecule has 0 aliphatic carbocycles. The van der Waals surface area contributed by atoms with Crippen LogP contribution in [0.3, 0.4) is 0 Å². The van der Waals surface area contributed by atoms with Crippen LogP contribution in [-0.2, 0) is 16.9 Å². The van der Waals surface area contributed by atoms with Gasteiger partial charge in [0.2, 0.25) is 0 Å². The third-order valence-electron chi connectivity index (χ3n) is 4.96. The Morgan fingerprint density at radius 1 is 1.26 bits per heavy atom. The molecule has 0 amide bonds. The Labute approximate surface area is 159 Å². The van der Waals surface area contributed by atoms with Crippen LogP contribution in [0.15, 0.2) is 35.5 Å². The molecular weight excluding hydrogens is 364 g/mol. The summed E-state index contributed by atoms with van der Waals surface area (Å²) in [5, 5.41) is 8.94. The zero-order chi connectivity index (χ0) is 18.2. The van der Waals surface area contributed by atoms with Crippen molar-refractivity contribution in [1.82, 2.24) is 24.7 Å². The van der Waals surface area contributed by atoms with Crippen molar-refractivity contribution in [3.8, 4) is 0 Å². The number of thioether (sulfide) groups is 1. The molecule has 5 heterocycles. The summed E-state index contributed by atoms with van der Waals surface area (Å²) in [6, 6.07) is 5.22. The van der Waals surface area contributed by atoms with Gasteiger partial charge in [0, 0.05) is 24.4 Å². The van der Waals surface area contributed by atoms with Crippen LogP contribution < -0.4 is 10.9 Å². The molecule has 3 aromatic heterocycles. The van der Waals surface area contributed by atoms with E-state index in [9.17, 15) is 4.79 Å². The molecule has 1 N–H and O–H groups in total. The highest BCUT2D eigenvalue weighted by Crippen LogP contribution is 2.26. The number of aromatic nitrogens is 5. The summed E-state index contributed by atoms with van der Waals surface area (Å²) in [6.45, 7) is 0.927. The van der Waals surface area contributed by atoms with E-state index in [-0.39, 0.29) is 17.6 Å². The molecule has 0 saturated carbocycles. The second-order valence-corrected chi connectivity index (χ2v) is 7.76. The minimum absolute atomic E-state index is 0.0761. The Hall–Kier alpha value is -2.52. The second-order valence-electron chi connectivity index (χ2n) is 6.65. The SMILES string of the molecule is O=c1cc2c(nn1C1COCC1Nc1ncnc3ncccc13)CCSC2. The molecule has 3 aromatic rings. The van der Waals surface area contributed by atoms with Crippen LogP contribution in [0.5, 0.6) is 0 Å². The van der Waals surface area contributed by atoms with Crippen LogP contribution in [-0.4, -0.2) is 49.7 Å². The predicted octanol–water partition coefficient (Wildman–Crippen LogP) is 1.42. The Kier molecular flexibility index (Phi) is 4.25. The standard InChI is InChI=1S/C18H18N6O2S/c25-16-6-11-9-27-5-3-13(11)23-24(16)15-8-26-7-14(15)22-18-12-2-1-4-19-17(12)20-10-21-18/h1-2,4,6,10,14-15H,3,5,7-9H2,(H,19,20,21,22). The van der Waals surface area contributed by atoms with E-state index in [2.05, 4.69) is 25.4 Å². The summed E-state index contributed by atoms with van der Waals surface area (Å²) < 4.78 is 7.27.